The van der Waals surface area contributed by atoms with Crippen molar-refractivity contribution in [3.63, 3.8) is 0 Å². The molecule has 4 rings (SSSR count). The van der Waals surface area contributed by atoms with Crippen LogP contribution < -0.4 is 0 Å². The fourth-order valence-corrected chi connectivity index (χ4v) is 7.29. The smallest absolute Gasteiger partial charge is 0.133 e. The van der Waals surface area contributed by atoms with Crippen LogP contribution in [0.5, 0.6) is 0 Å². The van der Waals surface area contributed by atoms with Crippen molar-refractivity contribution in [1.82, 2.24) is 0 Å². The Balaban J connectivity index is 1.65. The van der Waals surface area contributed by atoms with Crippen molar-refractivity contribution >= 4 is 5.78 Å². The van der Waals surface area contributed by atoms with E-state index in [-0.39, 0.29) is 5.41 Å². The molecule has 0 aromatic heterocycles. The van der Waals surface area contributed by atoms with Crippen LogP contribution in [0.1, 0.15) is 78.6 Å². The third-order valence-corrected chi connectivity index (χ3v) is 9.04. The molecule has 0 spiro atoms. The molecule has 4 fully saturated rings. The second-order valence-electron chi connectivity index (χ2n) is 9.67. The minimum Gasteiger partial charge on any atom is -0.390 e. The van der Waals surface area contributed by atoms with Gasteiger partial charge in [0, 0.05) is 12.8 Å². The Morgan fingerprint density at radius 3 is 2.45 bits per heavy atom. The average molecular weight is 304 g/mol. The molecule has 22 heavy (non-hydrogen) atoms. The number of rotatable bonds is 0. The number of hydrogen-bond donors (Lipinski definition) is 1. The standard InChI is InChI=1S/C20H32O2/c1-18-9-6-14(21)12-13(18)4-5-15-16(18)7-10-19(2)17(15)8-11-20(19,3)22/h13,15-17,22H,4-12H2,1-3H3/t13-,15?,16?,17-,18?,19?,20+/m0/s1. The molecule has 0 aromatic carbocycles. The van der Waals surface area contributed by atoms with Gasteiger partial charge in [-0.15, -0.1) is 0 Å². The maximum Gasteiger partial charge on any atom is 0.133 e. The normalized spacial score (nSPS) is 57.9. The first kappa shape index (κ1) is 15.2. The van der Waals surface area contributed by atoms with Gasteiger partial charge in [0.25, 0.3) is 0 Å². The molecule has 4 aliphatic rings. The molecule has 2 heteroatoms. The van der Waals surface area contributed by atoms with Crippen LogP contribution in [0.3, 0.4) is 0 Å². The number of carbonyl (C=O) groups is 1. The van der Waals surface area contributed by atoms with Gasteiger partial charge in [-0.25, -0.2) is 0 Å². The molecule has 0 amide bonds. The Bertz CT molecular complexity index is 496. The third-order valence-electron chi connectivity index (χ3n) is 9.04. The van der Waals surface area contributed by atoms with Gasteiger partial charge >= 0.3 is 0 Å². The highest BCUT2D eigenvalue weighted by Gasteiger charge is 2.63. The molecule has 0 radical (unpaired) electrons. The van der Waals surface area contributed by atoms with Crippen LogP contribution in [0.2, 0.25) is 0 Å². The quantitative estimate of drug-likeness (QED) is 0.722. The number of aliphatic hydroxyl groups is 1. The lowest BCUT2D eigenvalue weighted by Gasteiger charge is -2.60. The molecule has 0 bridgehead atoms. The van der Waals surface area contributed by atoms with E-state index in [0.717, 1.165) is 37.5 Å². The van der Waals surface area contributed by atoms with Gasteiger partial charge in [0.05, 0.1) is 5.60 Å². The molecule has 1 N–H and O–H groups in total. The fourth-order valence-electron chi connectivity index (χ4n) is 7.29. The minimum absolute atomic E-state index is 0.127. The van der Waals surface area contributed by atoms with Crippen molar-refractivity contribution in [1.29, 1.82) is 0 Å². The van der Waals surface area contributed by atoms with Crippen LogP contribution in [0.4, 0.5) is 0 Å². The van der Waals surface area contributed by atoms with Gasteiger partial charge in [-0.3, -0.25) is 4.79 Å². The van der Waals surface area contributed by atoms with E-state index in [1.165, 1.54) is 32.1 Å². The Morgan fingerprint density at radius 1 is 0.955 bits per heavy atom. The number of hydrogen-bond acceptors (Lipinski definition) is 2. The summed E-state index contributed by atoms with van der Waals surface area (Å²) < 4.78 is 0. The highest BCUT2D eigenvalue weighted by atomic mass is 16.3. The highest BCUT2D eigenvalue weighted by molar-refractivity contribution is 5.79. The van der Waals surface area contributed by atoms with Crippen LogP contribution in [0, 0.1) is 34.5 Å². The number of Topliss-reactive ketones (excluding diaryl/α,β-unsaturated/α-hetero) is 1. The summed E-state index contributed by atoms with van der Waals surface area (Å²) in [6.45, 7) is 6.94. The van der Waals surface area contributed by atoms with Crippen LogP contribution in [-0.4, -0.2) is 16.5 Å². The summed E-state index contributed by atoms with van der Waals surface area (Å²) in [6, 6.07) is 0. The molecule has 0 aliphatic heterocycles. The fraction of sp³-hybridized carbons (Fsp3) is 0.950. The van der Waals surface area contributed by atoms with E-state index < -0.39 is 5.60 Å². The molecule has 0 aromatic rings. The van der Waals surface area contributed by atoms with Gasteiger partial charge in [-0.2, -0.15) is 0 Å². The lowest BCUT2D eigenvalue weighted by Crippen LogP contribution is -2.55. The van der Waals surface area contributed by atoms with E-state index in [4.69, 9.17) is 0 Å². The first-order chi connectivity index (χ1) is 10.3. The van der Waals surface area contributed by atoms with Crippen molar-refractivity contribution in [3.05, 3.63) is 0 Å². The molecular formula is C20H32O2. The van der Waals surface area contributed by atoms with Gasteiger partial charge < -0.3 is 5.11 Å². The maximum absolute atomic E-state index is 11.9. The van der Waals surface area contributed by atoms with E-state index in [1.54, 1.807) is 0 Å². The van der Waals surface area contributed by atoms with Gasteiger partial charge in [0.1, 0.15) is 5.78 Å². The molecule has 4 saturated carbocycles. The zero-order chi connectivity index (χ0) is 15.8. The Morgan fingerprint density at radius 2 is 1.68 bits per heavy atom. The molecular weight excluding hydrogens is 272 g/mol. The predicted octanol–water partition coefficient (Wildman–Crippen LogP) is 4.35. The van der Waals surface area contributed by atoms with E-state index in [0.29, 0.717) is 23.0 Å². The summed E-state index contributed by atoms with van der Waals surface area (Å²) in [7, 11) is 0. The molecule has 4 unspecified atom stereocenters. The zero-order valence-corrected chi connectivity index (χ0v) is 14.5. The average Bonchev–Trinajstić information content (AvgIpc) is 2.70. The third kappa shape index (κ3) is 1.79. The van der Waals surface area contributed by atoms with Crippen molar-refractivity contribution in [2.24, 2.45) is 34.5 Å². The summed E-state index contributed by atoms with van der Waals surface area (Å²) in [4.78, 5) is 11.9. The van der Waals surface area contributed by atoms with E-state index >= 15 is 0 Å². The Labute approximate surface area is 135 Å². The van der Waals surface area contributed by atoms with Crippen LogP contribution >= 0.6 is 0 Å². The first-order valence-corrected chi connectivity index (χ1v) is 9.52. The van der Waals surface area contributed by atoms with Crippen LogP contribution in [0.15, 0.2) is 0 Å². The summed E-state index contributed by atoms with van der Waals surface area (Å²) in [5.74, 6) is 3.44. The lowest BCUT2D eigenvalue weighted by atomic mass is 9.44. The second-order valence-corrected chi connectivity index (χ2v) is 9.67. The second kappa shape index (κ2) is 4.59. The van der Waals surface area contributed by atoms with Crippen molar-refractivity contribution in [2.45, 2.75) is 84.2 Å². The minimum atomic E-state index is -0.469. The predicted molar refractivity (Wildman–Crippen MR) is 87.4 cm³/mol. The van der Waals surface area contributed by atoms with Crippen molar-refractivity contribution in [2.75, 3.05) is 0 Å². The van der Waals surface area contributed by atoms with Crippen molar-refractivity contribution < 1.29 is 9.90 Å². The van der Waals surface area contributed by atoms with E-state index in [9.17, 15) is 9.90 Å². The summed E-state index contributed by atoms with van der Waals surface area (Å²) in [5.41, 5.74) is 0.0530. The molecule has 124 valence electrons. The Hall–Kier alpha value is -0.370. The molecule has 7 atom stereocenters. The van der Waals surface area contributed by atoms with E-state index in [2.05, 4.69) is 20.8 Å². The van der Waals surface area contributed by atoms with Gasteiger partial charge in [-0.1, -0.05) is 13.8 Å². The number of fused-ring (bicyclic) bond motifs is 5. The lowest BCUT2D eigenvalue weighted by molar-refractivity contribution is -0.152. The first-order valence-electron chi connectivity index (χ1n) is 9.52. The summed E-state index contributed by atoms with van der Waals surface area (Å²) in [5, 5.41) is 10.9. The molecule has 4 aliphatic carbocycles. The molecule has 0 heterocycles. The number of ketones is 1. The summed E-state index contributed by atoms with van der Waals surface area (Å²) in [6.07, 6.45) is 9.98. The zero-order valence-electron chi connectivity index (χ0n) is 14.5. The molecule has 0 saturated heterocycles. The van der Waals surface area contributed by atoms with E-state index in [1.807, 2.05) is 0 Å². The largest absolute Gasteiger partial charge is 0.390 e. The summed E-state index contributed by atoms with van der Waals surface area (Å²) >= 11 is 0. The van der Waals surface area contributed by atoms with Gasteiger partial charge in [-0.05, 0) is 86.4 Å². The highest BCUT2D eigenvalue weighted by Crippen LogP contribution is 2.67. The SMILES string of the molecule is CC12CCC(=O)C[C@@H]1CCC1C2CCC2(C)[C@H]1CC[C@@]2(C)O. The number of carbonyl (C=O) groups excluding carboxylic acids is 1. The van der Waals surface area contributed by atoms with Crippen molar-refractivity contribution in [3.8, 4) is 0 Å². The van der Waals surface area contributed by atoms with Gasteiger partial charge in [0.2, 0.25) is 0 Å². The van der Waals surface area contributed by atoms with Crippen LogP contribution in [0.25, 0.3) is 0 Å². The topological polar surface area (TPSA) is 37.3 Å². The monoisotopic (exact) mass is 304 g/mol. The van der Waals surface area contributed by atoms with Crippen LogP contribution in [-0.2, 0) is 4.79 Å². The van der Waals surface area contributed by atoms with Gasteiger partial charge in [0.15, 0.2) is 0 Å². The molecule has 2 nitrogen and oxygen atoms in total. The maximum atomic E-state index is 11.9. The Kier molecular flexibility index (Phi) is 3.16.